The van der Waals surface area contributed by atoms with Gasteiger partial charge in [-0.05, 0) is 157 Å². The van der Waals surface area contributed by atoms with Gasteiger partial charge in [0.1, 0.15) is 70.8 Å². The van der Waals surface area contributed by atoms with Crippen LogP contribution in [0.25, 0.3) is 44.6 Å². The molecule has 127 heavy (non-hydrogen) atoms. The number of aryl methyl sites for hydroxylation is 1. The van der Waals surface area contributed by atoms with Gasteiger partial charge in [-0.2, -0.15) is 10.1 Å². The number of ketones is 5. The van der Waals surface area contributed by atoms with Crippen LogP contribution in [-0.2, 0) is 87.5 Å². The van der Waals surface area contributed by atoms with Crippen molar-refractivity contribution in [1.29, 1.82) is 0 Å². The van der Waals surface area contributed by atoms with Gasteiger partial charge in [0.25, 0.3) is 23.6 Å². The lowest BCUT2D eigenvalue weighted by atomic mass is 9.77. The molecule has 1 aliphatic carbocycles. The van der Waals surface area contributed by atoms with Crippen LogP contribution in [0.1, 0.15) is 193 Å². The molecule has 4 aromatic heterocycles. The minimum absolute atomic E-state index is 0.0201. The second-order valence-corrected chi connectivity index (χ2v) is 34.3. The molecule has 0 spiro atoms. The van der Waals surface area contributed by atoms with Crippen molar-refractivity contribution < 1.29 is 100 Å². The minimum Gasteiger partial charge on any atom is -0.460 e. The summed E-state index contributed by atoms with van der Waals surface area (Å²) < 4.78 is 67.7. The van der Waals surface area contributed by atoms with Crippen molar-refractivity contribution in [2.24, 2.45) is 35.5 Å². The molecule has 0 unspecified atom stereocenters. The lowest BCUT2D eigenvalue weighted by Crippen LogP contribution is -2.61. The number of ether oxygens (including phenoxy) is 10. The number of allylic oxidation sites excluding steroid dienone is 6. The molecule has 33 heteroatoms. The van der Waals surface area contributed by atoms with E-state index in [4.69, 9.17) is 68.4 Å². The van der Waals surface area contributed by atoms with E-state index in [2.05, 4.69) is 30.6 Å². The number of Topliss-reactive ketones (excluding diaryl/α,β-unsaturated/α-hetero) is 5. The van der Waals surface area contributed by atoms with Gasteiger partial charge in [-0.25, -0.2) is 24.1 Å². The first-order chi connectivity index (χ1) is 61.2. The summed E-state index contributed by atoms with van der Waals surface area (Å²) in [6, 6.07) is 11.3. The number of aliphatic hydroxyl groups is 2. The van der Waals surface area contributed by atoms with E-state index in [1.165, 1.54) is 18.3 Å². The van der Waals surface area contributed by atoms with E-state index in [1.54, 1.807) is 70.0 Å². The topological polar surface area (TPSA) is 437 Å². The maximum atomic E-state index is 14.9. The number of nitrogen functional groups attached to an aromatic ring is 2. The average molecular weight is 1770 g/mol. The zero-order valence-electron chi connectivity index (χ0n) is 75.4. The summed E-state index contributed by atoms with van der Waals surface area (Å²) >= 11 is 0. The zero-order chi connectivity index (χ0) is 91.1. The number of cyclic esters (lactones) is 1. The van der Waals surface area contributed by atoms with Gasteiger partial charge < -0.3 is 83.7 Å². The highest BCUT2D eigenvalue weighted by Crippen LogP contribution is 2.41. The SMILES string of the molecule is CO[C@H]1C[C@@H]2CC[C@@H](C)[C@@](O)(O2)C(=O)C(=O)N2CCCC[C@H]2C(=O)O[C@H]([C@H](C)C[C@@H]2CC[C@H](n3cc(-c4cccc(C(=O)NCCOCCOCCOCCC(=O)CCCOCCOCCC(=O)CCCCCn5nc(-c6ccc7oc(N)nc7c6)c6c(N)ncnc65)c4)nn3)[C@H](OC)C2)CC(=O)[C@H](C)/C=C(\C)[C@@H](O)[C@@H](OC)C(=O)[C@H](C)C[C@H](C)/C=C/C=C/C=C/1C. The number of esters is 1. The van der Waals surface area contributed by atoms with Crippen LogP contribution >= 0.6 is 0 Å². The van der Waals surface area contributed by atoms with Crippen molar-refractivity contribution in [2.45, 2.75) is 238 Å². The number of unbranched alkanes of at least 4 members (excludes halogenated alkanes) is 2. The predicted molar refractivity (Wildman–Crippen MR) is 474 cm³/mol. The lowest BCUT2D eigenvalue weighted by Gasteiger charge is -2.42. The maximum Gasteiger partial charge on any atom is 0.329 e. The number of nitrogens with zero attached hydrogens (tertiary/aromatic N) is 9. The van der Waals surface area contributed by atoms with E-state index >= 15 is 0 Å². The third-order valence-corrected chi connectivity index (χ3v) is 24.8. The Balaban J connectivity index is 0.608. The number of methoxy groups -OCH3 is 3. The summed E-state index contributed by atoms with van der Waals surface area (Å²) in [5.74, 6) is -8.31. The Morgan fingerprint density at radius 1 is 0.732 bits per heavy atom. The Morgan fingerprint density at radius 3 is 2.19 bits per heavy atom. The van der Waals surface area contributed by atoms with Crippen LogP contribution in [0, 0.1) is 35.5 Å². The Labute approximate surface area is 743 Å². The highest BCUT2D eigenvalue weighted by atomic mass is 16.6. The Hall–Kier alpha value is -9.52. The molecule has 2 amide bonds. The van der Waals surface area contributed by atoms with Crippen molar-refractivity contribution >= 4 is 80.7 Å². The van der Waals surface area contributed by atoms with Crippen LogP contribution in [0.3, 0.4) is 0 Å². The summed E-state index contributed by atoms with van der Waals surface area (Å²) in [6.45, 7) is 16.8. The number of rotatable bonds is 38. The predicted octanol–water partition coefficient (Wildman–Crippen LogP) is 11.2. The van der Waals surface area contributed by atoms with Gasteiger partial charge in [0.15, 0.2) is 17.0 Å². The molecule has 2 aromatic carbocycles. The van der Waals surface area contributed by atoms with E-state index in [0.29, 0.717) is 199 Å². The third-order valence-electron chi connectivity index (χ3n) is 24.8. The number of amides is 2. The lowest BCUT2D eigenvalue weighted by molar-refractivity contribution is -0.265. The molecular weight excluding hydrogens is 1630 g/mol. The first-order valence-electron chi connectivity index (χ1n) is 45.0. The number of carbonyl (C=O) groups is 8. The van der Waals surface area contributed by atoms with Gasteiger partial charge in [-0.15, -0.1) is 5.10 Å². The summed E-state index contributed by atoms with van der Waals surface area (Å²) in [6.07, 6.45) is 18.8. The van der Waals surface area contributed by atoms with Crippen molar-refractivity contribution in [3.63, 3.8) is 0 Å². The number of aromatic nitrogens is 8. The smallest absolute Gasteiger partial charge is 0.329 e. The van der Waals surface area contributed by atoms with E-state index in [9.17, 15) is 48.6 Å². The number of benzene rings is 2. The van der Waals surface area contributed by atoms with Crippen molar-refractivity contribution in [3.8, 4) is 22.5 Å². The van der Waals surface area contributed by atoms with Crippen LogP contribution in [0.2, 0.25) is 0 Å². The summed E-state index contributed by atoms with van der Waals surface area (Å²) in [5.41, 5.74) is 18.1. The van der Waals surface area contributed by atoms with Crippen molar-refractivity contribution in [3.05, 3.63) is 108 Å². The van der Waals surface area contributed by atoms with Crippen LogP contribution in [0.15, 0.2) is 107 Å². The molecule has 10 rings (SSSR count). The number of anilines is 2. The summed E-state index contributed by atoms with van der Waals surface area (Å²) in [4.78, 5) is 125. The molecule has 6 aromatic rings. The fourth-order valence-electron chi connectivity index (χ4n) is 17.2. The number of piperidine rings is 1. The minimum atomic E-state index is -2.48. The molecule has 694 valence electrons. The van der Waals surface area contributed by atoms with Crippen molar-refractivity contribution in [1.82, 2.24) is 49.9 Å². The van der Waals surface area contributed by atoms with Crippen LogP contribution in [0.4, 0.5) is 11.8 Å². The van der Waals surface area contributed by atoms with Gasteiger partial charge in [0.05, 0.1) is 95.4 Å². The first-order valence-corrected chi connectivity index (χ1v) is 45.0. The van der Waals surface area contributed by atoms with E-state index in [0.717, 1.165) is 30.4 Å². The Bertz CT molecular complexity index is 4750. The Kier molecular flexibility index (Phi) is 39.1. The van der Waals surface area contributed by atoms with Crippen LogP contribution in [0.5, 0.6) is 0 Å². The quantitative estimate of drug-likeness (QED) is 0.0104. The fourth-order valence-corrected chi connectivity index (χ4v) is 17.2. The molecule has 7 heterocycles. The maximum absolute atomic E-state index is 14.9. The number of nitrogens with one attached hydrogen (secondary N) is 1. The number of fused-ring (bicyclic) bond motifs is 5. The second-order valence-electron chi connectivity index (χ2n) is 34.3. The summed E-state index contributed by atoms with van der Waals surface area (Å²) in [5, 5.41) is 41.4. The Morgan fingerprint density at radius 2 is 1.46 bits per heavy atom. The number of hydrogen-bond donors (Lipinski definition) is 5. The highest BCUT2D eigenvalue weighted by Gasteiger charge is 2.53. The standard InChI is InChI=1S/C94H132N12O21/c1-59-21-13-11-14-22-60(2)79(117-8)55-72-31-28-65(7)94(116,127-72)87(112)91(114)104-37-18-16-27-76(104)92(115)125-80(56-77(109)61(3)50-64(6)85(111)86(119-10)84(110)63(5)49-59)62(4)51-66-29-32-75(81(52-66)118-9)106-57-74(101-103-106)67-23-19-24-69(53-67)90(113)97-36-42-123-46-48-124-47-45-122-41-35-71(108)26-20-39-120-43-44-121-40-34-70(107)25-15-12-17-38-105-89-82(88(95)98-58-99-89)83(102-105)68-30-33-78-73(54-68)100-93(96)126-78/h11,13-14,19,21-24,30,33,50,53-54,57-59,61-63,65-66,72,75-76,79-81,85-86,111,116H,12,15-18,20,25-29,31-32,34-49,51-52,55-56H2,1-10H3,(H2,96,100)(H,97,113)(H2,95,98,99)/b14-11+,21-13+,60-22+,64-50+/t59-,61-,62-,63-,65-,66+,72+,75+,76+,79+,80+,81-,85-,86+,94-/m1/s1. The molecule has 1 saturated carbocycles. The number of aliphatic hydroxyl groups excluding tert-OH is 1. The van der Waals surface area contributed by atoms with E-state index < -0.39 is 83.7 Å². The molecule has 3 fully saturated rings. The molecule has 33 nitrogen and oxygen atoms in total. The second kappa shape index (κ2) is 49.9. The average Bonchev–Trinajstić information content (AvgIpc) is 1.71. The normalized spacial score (nSPS) is 26.4. The van der Waals surface area contributed by atoms with E-state index in [-0.39, 0.29) is 111 Å². The molecule has 0 radical (unpaired) electrons. The monoisotopic (exact) mass is 1760 g/mol. The molecule has 4 aliphatic rings. The summed E-state index contributed by atoms with van der Waals surface area (Å²) in [7, 11) is 4.59. The van der Waals surface area contributed by atoms with Crippen LogP contribution in [-0.4, -0.2) is 250 Å². The third kappa shape index (κ3) is 28.5. The molecule has 2 saturated heterocycles. The molecule has 2 bridgehead atoms. The number of nitrogens with two attached hydrogens (primary N) is 2. The highest BCUT2D eigenvalue weighted by molar-refractivity contribution is 6.39. The van der Waals surface area contributed by atoms with Gasteiger partial charge in [0.2, 0.25) is 5.79 Å². The first kappa shape index (κ1) is 99.6. The number of hydrogen-bond acceptors (Lipinski definition) is 29. The van der Waals surface area contributed by atoms with Gasteiger partial charge in [-0.1, -0.05) is 94.8 Å². The van der Waals surface area contributed by atoms with Crippen LogP contribution < -0.4 is 16.8 Å². The molecular formula is C94H132N12O21. The number of oxazole rings is 1. The largest absolute Gasteiger partial charge is 0.460 e. The van der Waals surface area contributed by atoms with Gasteiger partial charge in [0, 0.05) is 121 Å². The number of carbonyl (C=O) groups excluding carboxylic acids is 8. The fraction of sp³-hybridized carbons (Fsp3) is 0.617. The van der Waals surface area contributed by atoms with Gasteiger partial charge in [-0.3, -0.25) is 33.6 Å². The molecule has 15 atom stereocenters. The molecule has 3 aliphatic heterocycles. The van der Waals surface area contributed by atoms with Gasteiger partial charge >= 0.3 is 5.97 Å². The van der Waals surface area contributed by atoms with E-state index in [1.807, 2.05) is 87.2 Å². The van der Waals surface area contributed by atoms with Crippen molar-refractivity contribution in [2.75, 3.05) is 112 Å². The molecule has 7 N–H and O–H groups in total. The zero-order valence-corrected chi connectivity index (χ0v) is 75.4.